The monoisotopic (exact) mass is 438 g/mol. The highest BCUT2D eigenvalue weighted by atomic mass is 16.5. The van der Waals surface area contributed by atoms with Crippen LogP contribution < -0.4 is 0 Å². The Morgan fingerprint density at radius 2 is 1.33 bits per heavy atom. The van der Waals surface area contributed by atoms with Gasteiger partial charge in [-0.2, -0.15) is 0 Å². The van der Waals surface area contributed by atoms with Crippen molar-refractivity contribution in [2.75, 3.05) is 14.2 Å². The summed E-state index contributed by atoms with van der Waals surface area (Å²) in [5, 5.41) is 0. The number of benzene rings is 3. The molecule has 4 nitrogen and oxygen atoms in total. The van der Waals surface area contributed by atoms with E-state index in [1.807, 2.05) is 103 Å². The Balaban J connectivity index is 2.15. The summed E-state index contributed by atoms with van der Waals surface area (Å²) in [5.74, 6) is 4.04. The van der Waals surface area contributed by atoms with Gasteiger partial charge in [-0.3, -0.25) is 9.59 Å². The molecule has 0 bridgehead atoms. The number of esters is 2. The molecule has 0 N–H and O–H groups in total. The molecule has 1 atom stereocenters. The molecule has 0 aliphatic carbocycles. The molecule has 0 aliphatic rings. The molecule has 0 saturated carbocycles. The number of carbonyl (C=O) groups is 2. The second-order valence-corrected chi connectivity index (χ2v) is 7.46. The maximum Gasteiger partial charge on any atom is 0.325 e. The summed E-state index contributed by atoms with van der Waals surface area (Å²) >= 11 is 0. The normalized spacial score (nSPS) is 11.8. The molecule has 0 heterocycles. The van der Waals surface area contributed by atoms with Crippen molar-refractivity contribution in [1.29, 1.82) is 0 Å². The quantitative estimate of drug-likeness (QED) is 0.287. The third-order valence-electron chi connectivity index (χ3n) is 5.44. The van der Waals surface area contributed by atoms with Crippen molar-refractivity contribution >= 4 is 18.0 Å². The Morgan fingerprint density at radius 3 is 1.88 bits per heavy atom. The van der Waals surface area contributed by atoms with Crippen molar-refractivity contribution < 1.29 is 19.1 Å². The first kappa shape index (κ1) is 23.6. The zero-order chi connectivity index (χ0) is 23.5. The molecule has 4 heteroatoms. The summed E-state index contributed by atoms with van der Waals surface area (Å²) in [5.41, 5.74) is 0.828. The first-order valence-corrected chi connectivity index (χ1v) is 10.6. The molecule has 3 aromatic rings. The van der Waals surface area contributed by atoms with Crippen LogP contribution in [0.3, 0.4) is 0 Å². The number of carbonyl (C=O) groups excluding carboxylic acids is 2. The van der Waals surface area contributed by atoms with Gasteiger partial charge in [0, 0.05) is 17.9 Å². The zero-order valence-electron chi connectivity index (χ0n) is 18.7. The van der Waals surface area contributed by atoms with Gasteiger partial charge in [0.25, 0.3) is 0 Å². The standard InChI is InChI=1S/C29H26O4/c1-32-27(30)29(28(31)33-2,22-12-17-23-13-6-3-7-14-23)26(25-18-10-5-11-19-25)21-20-24-15-8-4-9-16-24/h3-11,13-16,18-21,26H,22H2,1-2H3/b21-20+/t26-/m1/s1. The minimum Gasteiger partial charge on any atom is -0.468 e. The van der Waals surface area contributed by atoms with E-state index in [-0.39, 0.29) is 6.42 Å². The maximum absolute atomic E-state index is 13.3. The molecule has 166 valence electrons. The predicted octanol–water partition coefficient (Wildman–Crippen LogP) is 5.26. The fourth-order valence-electron chi connectivity index (χ4n) is 3.75. The first-order valence-electron chi connectivity index (χ1n) is 10.6. The van der Waals surface area contributed by atoms with E-state index in [0.717, 1.165) is 16.7 Å². The first-order chi connectivity index (χ1) is 16.1. The van der Waals surface area contributed by atoms with Crippen LogP contribution >= 0.6 is 0 Å². The molecule has 0 radical (unpaired) electrons. The Labute approximate surface area is 194 Å². The molecule has 3 aromatic carbocycles. The minimum atomic E-state index is -1.68. The van der Waals surface area contributed by atoms with E-state index in [1.165, 1.54) is 14.2 Å². The largest absolute Gasteiger partial charge is 0.468 e. The van der Waals surface area contributed by atoms with Crippen molar-refractivity contribution in [3.63, 3.8) is 0 Å². The van der Waals surface area contributed by atoms with Crippen LogP contribution in [0.5, 0.6) is 0 Å². The van der Waals surface area contributed by atoms with Gasteiger partial charge in [0.2, 0.25) is 0 Å². The molecule has 0 aromatic heterocycles. The number of hydrogen-bond donors (Lipinski definition) is 0. The van der Waals surface area contributed by atoms with E-state index in [2.05, 4.69) is 11.8 Å². The lowest BCUT2D eigenvalue weighted by Crippen LogP contribution is -2.45. The fourth-order valence-corrected chi connectivity index (χ4v) is 3.75. The molecular formula is C29H26O4. The molecule has 0 amide bonds. The van der Waals surface area contributed by atoms with Crippen molar-refractivity contribution in [3.05, 3.63) is 114 Å². The molecule has 33 heavy (non-hydrogen) atoms. The van der Waals surface area contributed by atoms with Gasteiger partial charge in [-0.05, 0) is 23.3 Å². The Kier molecular flexibility index (Phi) is 8.21. The van der Waals surface area contributed by atoms with Crippen LogP contribution in [0.1, 0.15) is 29.0 Å². The summed E-state index contributed by atoms with van der Waals surface area (Å²) in [6.07, 6.45) is 3.67. The van der Waals surface area contributed by atoms with Gasteiger partial charge in [0.05, 0.1) is 14.2 Å². The SMILES string of the molecule is COC(=O)C(CC#Cc1ccccc1)(C(=O)OC)[C@H](/C=C/c1ccccc1)c1ccccc1. The van der Waals surface area contributed by atoms with E-state index < -0.39 is 23.3 Å². The summed E-state index contributed by atoms with van der Waals surface area (Å²) in [6.45, 7) is 0. The van der Waals surface area contributed by atoms with Crippen LogP contribution in [-0.4, -0.2) is 26.2 Å². The second kappa shape index (κ2) is 11.5. The van der Waals surface area contributed by atoms with Crippen molar-refractivity contribution in [2.45, 2.75) is 12.3 Å². The van der Waals surface area contributed by atoms with Crippen molar-refractivity contribution in [2.24, 2.45) is 5.41 Å². The van der Waals surface area contributed by atoms with Crippen molar-refractivity contribution in [3.8, 4) is 11.8 Å². The van der Waals surface area contributed by atoms with Crippen LogP contribution in [0.15, 0.2) is 97.1 Å². The van der Waals surface area contributed by atoms with E-state index in [0.29, 0.717) is 0 Å². The number of methoxy groups -OCH3 is 2. The Morgan fingerprint density at radius 1 is 0.818 bits per heavy atom. The average Bonchev–Trinajstić information content (AvgIpc) is 2.88. The maximum atomic E-state index is 13.3. The molecular weight excluding hydrogens is 412 g/mol. The smallest absolute Gasteiger partial charge is 0.325 e. The predicted molar refractivity (Wildman–Crippen MR) is 129 cm³/mol. The van der Waals surface area contributed by atoms with Gasteiger partial charge in [-0.15, -0.1) is 0 Å². The molecule has 0 aliphatic heterocycles. The number of allylic oxidation sites excluding steroid dienone is 1. The highest BCUT2D eigenvalue weighted by Gasteiger charge is 2.54. The Bertz CT molecular complexity index is 1120. The summed E-state index contributed by atoms with van der Waals surface area (Å²) < 4.78 is 10.3. The third-order valence-corrected chi connectivity index (χ3v) is 5.44. The van der Waals surface area contributed by atoms with Crippen LogP contribution in [0.25, 0.3) is 6.08 Å². The number of hydrogen-bond acceptors (Lipinski definition) is 4. The summed E-state index contributed by atoms with van der Waals surface area (Å²) in [6, 6.07) is 28.5. The van der Waals surface area contributed by atoms with Crippen LogP contribution in [0.2, 0.25) is 0 Å². The van der Waals surface area contributed by atoms with Crippen LogP contribution in [0, 0.1) is 17.3 Å². The molecule has 0 spiro atoms. The van der Waals surface area contributed by atoms with Crippen LogP contribution in [0.4, 0.5) is 0 Å². The van der Waals surface area contributed by atoms with Gasteiger partial charge in [-0.1, -0.05) is 103 Å². The zero-order valence-corrected chi connectivity index (χ0v) is 18.7. The van der Waals surface area contributed by atoms with E-state index in [9.17, 15) is 9.59 Å². The van der Waals surface area contributed by atoms with Crippen molar-refractivity contribution in [1.82, 2.24) is 0 Å². The lowest BCUT2D eigenvalue weighted by Gasteiger charge is -2.33. The minimum absolute atomic E-state index is 0.0695. The van der Waals surface area contributed by atoms with E-state index in [1.54, 1.807) is 0 Å². The van der Waals surface area contributed by atoms with E-state index >= 15 is 0 Å². The fraction of sp³-hybridized carbons (Fsp3) is 0.172. The topological polar surface area (TPSA) is 52.6 Å². The number of ether oxygens (including phenoxy) is 2. The van der Waals surface area contributed by atoms with E-state index in [4.69, 9.17) is 9.47 Å². The molecule has 3 rings (SSSR count). The van der Waals surface area contributed by atoms with Gasteiger partial charge in [0.15, 0.2) is 5.41 Å². The highest BCUT2D eigenvalue weighted by Crippen LogP contribution is 2.43. The highest BCUT2D eigenvalue weighted by molar-refractivity contribution is 6.02. The molecule has 0 saturated heterocycles. The Hall–Kier alpha value is -4.10. The van der Waals surface area contributed by atoms with Crippen LogP contribution in [-0.2, 0) is 19.1 Å². The number of rotatable bonds is 7. The lowest BCUT2D eigenvalue weighted by molar-refractivity contribution is -0.169. The molecule has 0 unspecified atom stereocenters. The lowest BCUT2D eigenvalue weighted by atomic mass is 9.69. The second-order valence-electron chi connectivity index (χ2n) is 7.46. The van der Waals surface area contributed by atoms with Gasteiger partial charge in [0.1, 0.15) is 0 Å². The summed E-state index contributed by atoms with van der Waals surface area (Å²) in [4.78, 5) is 26.6. The van der Waals surface area contributed by atoms with Gasteiger partial charge in [-0.25, -0.2) is 0 Å². The average molecular weight is 439 g/mol. The van der Waals surface area contributed by atoms with Gasteiger partial charge < -0.3 is 9.47 Å². The summed E-state index contributed by atoms with van der Waals surface area (Å²) in [7, 11) is 2.54. The molecule has 0 fully saturated rings. The van der Waals surface area contributed by atoms with Gasteiger partial charge >= 0.3 is 11.9 Å². The third kappa shape index (κ3) is 5.58.